The first-order valence-electron chi connectivity index (χ1n) is 9.78. The summed E-state index contributed by atoms with van der Waals surface area (Å²) in [7, 11) is 0. The lowest BCUT2D eigenvalue weighted by Gasteiger charge is -2.25. The molecule has 0 amide bonds. The van der Waals surface area contributed by atoms with Gasteiger partial charge >= 0.3 is 12.3 Å². The highest BCUT2D eigenvalue weighted by atomic mass is 19.3. The number of benzene rings is 1. The zero-order valence-corrected chi connectivity index (χ0v) is 15.6. The highest BCUT2D eigenvalue weighted by Gasteiger charge is 2.48. The summed E-state index contributed by atoms with van der Waals surface area (Å²) in [4.78, 5) is 28.5. The minimum Gasteiger partial charge on any atom is -0.430 e. The minimum absolute atomic E-state index is 0.0738. The second kappa shape index (κ2) is 6.25. The van der Waals surface area contributed by atoms with Crippen LogP contribution in [0.25, 0.3) is 10.9 Å². The number of halogens is 3. The van der Waals surface area contributed by atoms with E-state index < -0.39 is 29.4 Å². The summed E-state index contributed by atoms with van der Waals surface area (Å²) in [6.07, 6.45) is 3.84. The Morgan fingerprint density at radius 3 is 2.59 bits per heavy atom. The van der Waals surface area contributed by atoms with E-state index in [0.29, 0.717) is 32.4 Å². The van der Waals surface area contributed by atoms with Gasteiger partial charge < -0.3 is 15.4 Å². The van der Waals surface area contributed by atoms with Crippen molar-refractivity contribution >= 4 is 16.6 Å². The average Bonchev–Trinajstić information content (AvgIpc) is 3.56. The van der Waals surface area contributed by atoms with Gasteiger partial charge in [0.15, 0.2) is 11.6 Å². The fourth-order valence-electron chi connectivity index (χ4n) is 4.51. The molecule has 0 spiro atoms. The molecule has 1 aromatic heterocycles. The topological polar surface area (TPSA) is 93.4 Å². The lowest BCUT2D eigenvalue weighted by molar-refractivity contribution is -0.0488. The highest BCUT2D eigenvalue weighted by molar-refractivity contribution is 5.91. The molecule has 0 radical (unpaired) electrons. The smallest absolute Gasteiger partial charge is 0.387 e. The lowest BCUT2D eigenvalue weighted by Crippen LogP contribution is -2.35. The van der Waals surface area contributed by atoms with Crippen LogP contribution in [0, 0.1) is 11.7 Å². The van der Waals surface area contributed by atoms with Crippen molar-refractivity contribution < 1.29 is 17.9 Å². The molecule has 3 fully saturated rings. The molecule has 2 aliphatic carbocycles. The average molecular weight is 410 g/mol. The third-order valence-electron chi connectivity index (χ3n) is 6.37. The predicted molar refractivity (Wildman–Crippen MR) is 100 cm³/mol. The van der Waals surface area contributed by atoms with E-state index >= 15 is 4.39 Å². The van der Waals surface area contributed by atoms with Crippen LogP contribution in [0.1, 0.15) is 38.1 Å². The Hall–Kier alpha value is -2.49. The van der Waals surface area contributed by atoms with E-state index in [4.69, 9.17) is 10.5 Å². The molecule has 2 saturated carbocycles. The molecule has 2 aromatic rings. The number of alkyl halides is 2. The first kappa shape index (κ1) is 18.5. The molecule has 1 atom stereocenters. The summed E-state index contributed by atoms with van der Waals surface area (Å²) in [5.41, 5.74) is 4.26. The Morgan fingerprint density at radius 2 is 1.97 bits per heavy atom. The molecule has 10 heteroatoms. The molecule has 1 aromatic carbocycles. The third-order valence-corrected chi connectivity index (χ3v) is 6.37. The van der Waals surface area contributed by atoms with E-state index in [1.165, 1.54) is 4.57 Å². The summed E-state index contributed by atoms with van der Waals surface area (Å²) in [6, 6.07) is 0.772. The molecule has 156 valence electrons. The van der Waals surface area contributed by atoms with E-state index in [0.717, 1.165) is 18.9 Å². The number of aromatic amines is 1. The molecule has 29 heavy (non-hydrogen) atoms. The second-order valence-corrected chi connectivity index (χ2v) is 8.34. The largest absolute Gasteiger partial charge is 0.430 e. The van der Waals surface area contributed by atoms with Gasteiger partial charge in [-0.2, -0.15) is 8.78 Å². The van der Waals surface area contributed by atoms with Crippen molar-refractivity contribution in [2.24, 2.45) is 11.7 Å². The molecule has 7 nitrogen and oxygen atoms in total. The van der Waals surface area contributed by atoms with Gasteiger partial charge in [0, 0.05) is 24.7 Å². The number of nitrogens with zero attached hydrogens (tertiary/aromatic N) is 2. The van der Waals surface area contributed by atoms with Crippen LogP contribution >= 0.6 is 0 Å². The van der Waals surface area contributed by atoms with Gasteiger partial charge in [0.2, 0.25) is 0 Å². The number of nitrogens with one attached hydrogen (secondary N) is 1. The summed E-state index contributed by atoms with van der Waals surface area (Å²) in [5, 5.41) is -0.179. The number of nitrogens with two attached hydrogens (primary N) is 1. The number of fused-ring (bicyclic) bond motifs is 1. The van der Waals surface area contributed by atoms with E-state index in [-0.39, 0.29) is 34.1 Å². The lowest BCUT2D eigenvalue weighted by atomic mass is 9.97. The standard InChI is InChI=1S/C19H21F3N4O3/c20-12-7-11-13(26(10-1-2-10)18(28)24-16(11)27)15(29-17(21)22)14(12)25-6-3-9(8-25)19(23)4-5-19/h7,9-10,17H,1-6,8,23H2,(H,24,27,28). The molecule has 5 rings (SSSR count). The van der Waals surface area contributed by atoms with Crippen LogP contribution in [0.2, 0.25) is 0 Å². The Balaban J connectivity index is 1.73. The van der Waals surface area contributed by atoms with Crippen molar-refractivity contribution in [3.8, 4) is 5.75 Å². The van der Waals surface area contributed by atoms with Crippen molar-refractivity contribution in [1.82, 2.24) is 9.55 Å². The van der Waals surface area contributed by atoms with E-state index in [1.54, 1.807) is 4.90 Å². The van der Waals surface area contributed by atoms with Gasteiger partial charge in [-0.25, -0.2) is 9.18 Å². The quantitative estimate of drug-likeness (QED) is 0.787. The van der Waals surface area contributed by atoms with Crippen molar-refractivity contribution in [1.29, 1.82) is 0 Å². The summed E-state index contributed by atoms with van der Waals surface area (Å²) in [5.74, 6) is -1.16. The Bertz CT molecular complexity index is 1100. The maximum atomic E-state index is 15.1. The predicted octanol–water partition coefficient (Wildman–Crippen LogP) is 2.08. The van der Waals surface area contributed by atoms with Crippen molar-refractivity contribution in [3.05, 3.63) is 32.7 Å². The van der Waals surface area contributed by atoms with Gasteiger partial charge in [-0.15, -0.1) is 0 Å². The summed E-state index contributed by atoms with van der Waals surface area (Å²) >= 11 is 0. The first-order chi connectivity index (χ1) is 13.8. The summed E-state index contributed by atoms with van der Waals surface area (Å²) in [6.45, 7) is -2.39. The fourth-order valence-corrected chi connectivity index (χ4v) is 4.51. The number of anilines is 1. The van der Waals surface area contributed by atoms with Crippen molar-refractivity contribution in [2.75, 3.05) is 18.0 Å². The van der Waals surface area contributed by atoms with Crippen molar-refractivity contribution in [3.63, 3.8) is 0 Å². The van der Waals surface area contributed by atoms with Gasteiger partial charge in [0.25, 0.3) is 5.56 Å². The van der Waals surface area contributed by atoms with Gasteiger partial charge in [-0.3, -0.25) is 14.3 Å². The first-order valence-corrected chi connectivity index (χ1v) is 9.78. The number of aromatic nitrogens is 2. The molecule has 0 bridgehead atoms. The van der Waals surface area contributed by atoms with Crippen LogP contribution in [0.15, 0.2) is 15.7 Å². The number of ether oxygens (including phenoxy) is 1. The number of hydrogen-bond donors (Lipinski definition) is 2. The molecule has 1 aliphatic heterocycles. The van der Waals surface area contributed by atoms with Gasteiger partial charge in [-0.05, 0) is 44.1 Å². The summed E-state index contributed by atoms with van der Waals surface area (Å²) < 4.78 is 47.7. The van der Waals surface area contributed by atoms with Crippen LogP contribution in [-0.4, -0.2) is 34.8 Å². The number of hydrogen-bond acceptors (Lipinski definition) is 5. The Labute approximate surface area is 163 Å². The van der Waals surface area contributed by atoms with E-state index in [2.05, 4.69) is 4.98 Å². The van der Waals surface area contributed by atoms with Crippen LogP contribution in [0.4, 0.5) is 18.9 Å². The van der Waals surface area contributed by atoms with Crippen molar-refractivity contribution in [2.45, 2.75) is 50.3 Å². The zero-order chi connectivity index (χ0) is 20.5. The van der Waals surface area contributed by atoms with Crippen LogP contribution in [-0.2, 0) is 0 Å². The SMILES string of the molecule is NC1(C2CCN(c3c(F)cc4c(=O)[nH]c(=O)n(C5CC5)c4c3OC(F)F)C2)CC1. The van der Waals surface area contributed by atoms with Crippen LogP contribution in [0.5, 0.6) is 5.75 Å². The fraction of sp³-hybridized carbons (Fsp3) is 0.579. The molecule has 1 saturated heterocycles. The maximum absolute atomic E-state index is 15.1. The highest BCUT2D eigenvalue weighted by Crippen LogP contribution is 2.48. The molecular formula is C19H21F3N4O3. The third kappa shape index (κ3) is 3.00. The molecule has 3 aliphatic rings. The normalized spacial score (nSPS) is 23.2. The zero-order valence-electron chi connectivity index (χ0n) is 15.6. The molecule has 1 unspecified atom stereocenters. The van der Waals surface area contributed by atoms with Gasteiger partial charge in [0.1, 0.15) is 11.2 Å². The van der Waals surface area contributed by atoms with E-state index in [9.17, 15) is 18.4 Å². The van der Waals surface area contributed by atoms with Gasteiger partial charge in [-0.1, -0.05) is 0 Å². The maximum Gasteiger partial charge on any atom is 0.387 e. The van der Waals surface area contributed by atoms with E-state index in [1.807, 2.05) is 0 Å². The minimum atomic E-state index is -3.23. The monoisotopic (exact) mass is 410 g/mol. The molecule has 2 heterocycles. The molecular weight excluding hydrogens is 389 g/mol. The molecule has 3 N–H and O–H groups in total. The Kier molecular flexibility index (Phi) is 4.00. The van der Waals surface area contributed by atoms with Gasteiger partial charge in [0.05, 0.1) is 5.39 Å². The van der Waals surface area contributed by atoms with Crippen LogP contribution < -0.4 is 26.6 Å². The number of rotatable bonds is 5. The number of H-pyrrole nitrogens is 1. The second-order valence-electron chi connectivity index (χ2n) is 8.34. The Morgan fingerprint density at radius 1 is 1.24 bits per heavy atom. The van der Waals surface area contributed by atoms with Crippen LogP contribution in [0.3, 0.4) is 0 Å².